The van der Waals surface area contributed by atoms with E-state index in [0.717, 1.165) is 21.2 Å². The molecule has 0 aromatic heterocycles. The van der Waals surface area contributed by atoms with Crippen molar-refractivity contribution in [3.05, 3.63) is 27.1 Å². The molecule has 0 heterocycles. The molecule has 0 radical (unpaired) electrons. The topological polar surface area (TPSA) is 12.0 Å². The van der Waals surface area contributed by atoms with E-state index in [-0.39, 0.29) is 0 Å². The second kappa shape index (κ2) is 6.75. The molecule has 0 amide bonds. The Balaban J connectivity index is 2.42. The summed E-state index contributed by atoms with van der Waals surface area (Å²) >= 11 is 8.83. The monoisotopic (exact) mass is 337 g/mol. The summed E-state index contributed by atoms with van der Waals surface area (Å²) in [7, 11) is 0. The molecule has 0 saturated heterocycles. The molecular weight excluding hydrogens is 326 g/mol. The lowest BCUT2D eigenvalue weighted by Crippen LogP contribution is -2.02. The van der Waals surface area contributed by atoms with Crippen LogP contribution in [0.4, 0.5) is 5.69 Å². The maximum Gasteiger partial charge on any atom is 0.0485 e. The van der Waals surface area contributed by atoms with Crippen LogP contribution in [0.2, 0.25) is 0 Å². The predicted molar refractivity (Wildman–Crippen MR) is 73.3 cm³/mol. The molecule has 1 nitrogen and oxygen atoms in total. The number of halogens is 2. The first kappa shape index (κ1) is 12.4. The lowest BCUT2D eigenvalue weighted by Gasteiger charge is -2.08. The Kier molecular flexibility index (Phi) is 5.98. The summed E-state index contributed by atoms with van der Waals surface area (Å²) in [6, 6.07) is 6.17. The fourth-order valence-electron chi connectivity index (χ4n) is 1.07. The zero-order chi connectivity index (χ0) is 10.4. The van der Waals surface area contributed by atoms with Crippen molar-refractivity contribution in [2.75, 3.05) is 23.9 Å². The molecule has 1 N–H and O–H groups in total. The lowest BCUT2D eigenvalue weighted by molar-refractivity contribution is 0.992. The van der Waals surface area contributed by atoms with Crippen molar-refractivity contribution in [1.29, 1.82) is 0 Å². The Morgan fingerprint density at radius 1 is 1.36 bits per heavy atom. The lowest BCUT2D eigenvalue weighted by atomic mass is 10.3. The highest BCUT2D eigenvalue weighted by molar-refractivity contribution is 9.11. The smallest absolute Gasteiger partial charge is 0.0485 e. The summed E-state index contributed by atoms with van der Waals surface area (Å²) in [6.45, 7) is 1.03. The Labute approximate surface area is 106 Å². The molecule has 1 aromatic carbocycles. The first-order chi connectivity index (χ1) is 6.74. The molecule has 78 valence electrons. The maximum absolute atomic E-state index is 3.52. The van der Waals surface area contributed by atoms with Crippen LogP contribution in [0, 0.1) is 0 Å². The molecule has 0 unspecified atom stereocenters. The van der Waals surface area contributed by atoms with Crippen LogP contribution in [0.15, 0.2) is 27.1 Å². The van der Waals surface area contributed by atoms with Gasteiger partial charge in [0.2, 0.25) is 0 Å². The van der Waals surface area contributed by atoms with Crippen molar-refractivity contribution in [1.82, 2.24) is 0 Å². The normalized spacial score (nSPS) is 10.2. The minimum absolute atomic E-state index is 1.03. The third-order valence-electron chi connectivity index (χ3n) is 1.77. The molecule has 0 aliphatic rings. The van der Waals surface area contributed by atoms with Crippen LogP contribution in [0.1, 0.15) is 6.42 Å². The second-order valence-corrected chi connectivity index (χ2v) is 5.65. The number of thioether (sulfide) groups is 1. The van der Waals surface area contributed by atoms with Gasteiger partial charge in [-0.1, -0.05) is 15.9 Å². The number of hydrogen-bond acceptors (Lipinski definition) is 2. The molecule has 1 aromatic rings. The average Bonchev–Trinajstić information content (AvgIpc) is 2.15. The number of rotatable bonds is 5. The fourth-order valence-corrected chi connectivity index (χ4v) is 2.69. The molecule has 0 fully saturated rings. The van der Waals surface area contributed by atoms with E-state index < -0.39 is 0 Å². The van der Waals surface area contributed by atoms with E-state index in [1.165, 1.54) is 12.2 Å². The third kappa shape index (κ3) is 4.24. The Bertz CT molecular complexity index is 291. The van der Waals surface area contributed by atoms with Crippen molar-refractivity contribution in [3.63, 3.8) is 0 Å². The molecule has 0 aliphatic carbocycles. The van der Waals surface area contributed by atoms with Gasteiger partial charge in [0.1, 0.15) is 0 Å². The zero-order valence-corrected chi connectivity index (χ0v) is 12.0. The van der Waals surface area contributed by atoms with E-state index in [0.29, 0.717) is 0 Å². The summed E-state index contributed by atoms with van der Waals surface area (Å²) in [5.41, 5.74) is 1.16. The van der Waals surface area contributed by atoms with Crippen molar-refractivity contribution >= 4 is 49.3 Å². The number of hydrogen-bond donors (Lipinski definition) is 1. The molecular formula is C10H13Br2NS. The van der Waals surface area contributed by atoms with Gasteiger partial charge in [-0.05, 0) is 52.6 Å². The van der Waals surface area contributed by atoms with Gasteiger partial charge in [-0.3, -0.25) is 0 Å². The van der Waals surface area contributed by atoms with Gasteiger partial charge in [0.15, 0.2) is 0 Å². The maximum atomic E-state index is 3.52. The molecule has 0 bridgehead atoms. The van der Waals surface area contributed by atoms with Gasteiger partial charge in [-0.25, -0.2) is 0 Å². The van der Waals surface area contributed by atoms with Gasteiger partial charge in [0.05, 0.1) is 0 Å². The van der Waals surface area contributed by atoms with Crippen LogP contribution >= 0.6 is 43.6 Å². The predicted octanol–water partition coefficient (Wildman–Crippen LogP) is 4.38. The fraction of sp³-hybridized carbons (Fsp3) is 0.400. The Morgan fingerprint density at radius 2 is 2.14 bits per heavy atom. The summed E-state index contributed by atoms with van der Waals surface area (Å²) in [4.78, 5) is 0. The van der Waals surface area contributed by atoms with Gasteiger partial charge in [0.25, 0.3) is 0 Å². The van der Waals surface area contributed by atoms with Crippen LogP contribution < -0.4 is 5.32 Å². The SMILES string of the molecule is CSCCCNc1ccc(Br)cc1Br. The van der Waals surface area contributed by atoms with Crippen LogP contribution in [0.3, 0.4) is 0 Å². The van der Waals surface area contributed by atoms with Crippen LogP contribution in [0.5, 0.6) is 0 Å². The first-order valence-corrected chi connectivity index (χ1v) is 7.40. The number of benzene rings is 1. The molecule has 0 saturated carbocycles. The Morgan fingerprint density at radius 3 is 2.79 bits per heavy atom. The van der Waals surface area contributed by atoms with Gasteiger partial charge >= 0.3 is 0 Å². The van der Waals surface area contributed by atoms with Crippen molar-refractivity contribution < 1.29 is 0 Å². The van der Waals surface area contributed by atoms with Crippen LogP contribution in [-0.2, 0) is 0 Å². The largest absolute Gasteiger partial charge is 0.384 e. The molecule has 1 rings (SSSR count). The minimum Gasteiger partial charge on any atom is -0.384 e. The highest BCUT2D eigenvalue weighted by Crippen LogP contribution is 2.25. The highest BCUT2D eigenvalue weighted by Gasteiger charge is 1.98. The molecule has 0 atom stereocenters. The van der Waals surface area contributed by atoms with E-state index >= 15 is 0 Å². The number of anilines is 1. The van der Waals surface area contributed by atoms with E-state index in [4.69, 9.17) is 0 Å². The molecule has 4 heteroatoms. The van der Waals surface area contributed by atoms with Gasteiger partial charge in [-0.15, -0.1) is 0 Å². The van der Waals surface area contributed by atoms with E-state index in [2.05, 4.69) is 55.6 Å². The van der Waals surface area contributed by atoms with Gasteiger partial charge in [-0.2, -0.15) is 11.8 Å². The zero-order valence-electron chi connectivity index (χ0n) is 8.02. The summed E-state index contributed by atoms with van der Waals surface area (Å²) in [6.07, 6.45) is 3.33. The van der Waals surface area contributed by atoms with Crippen LogP contribution in [-0.4, -0.2) is 18.6 Å². The van der Waals surface area contributed by atoms with Crippen LogP contribution in [0.25, 0.3) is 0 Å². The average molecular weight is 339 g/mol. The molecule has 0 aliphatic heterocycles. The summed E-state index contributed by atoms with van der Waals surface area (Å²) in [5, 5.41) is 3.39. The third-order valence-corrected chi connectivity index (χ3v) is 3.62. The quantitative estimate of drug-likeness (QED) is 0.800. The van der Waals surface area contributed by atoms with Crippen molar-refractivity contribution in [3.8, 4) is 0 Å². The van der Waals surface area contributed by atoms with E-state index in [1.807, 2.05) is 17.8 Å². The standard InChI is InChI=1S/C10H13Br2NS/c1-14-6-2-5-13-10-4-3-8(11)7-9(10)12/h3-4,7,13H,2,5-6H2,1H3. The van der Waals surface area contributed by atoms with Gasteiger partial charge in [0, 0.05) is 21.2 Å². The highest BCUT2D eigenvalue weighted by atomic mass is 79.9. The first-order valence-electron chi connectivity index (χ1n) is 4.42. The van der Waals surface area contributed by atoms with E-state index in [9.17, 15) is 0 Å². The Hall–Kier alpha value is 0.330. The van der Waals surface area contributed by atoms with Crippen molar-refractivity contribution in [2.45, 2.75) is 6.42 Å². The van der Waals surface area contributed by atoms with Crippen molar-refractivity contribution in [2.24, 2.45) is 0 Å². The summed E-state index contributed by atoms with van der Waals surface area (Å²) in [5.74, 6) is 1.21. The second-order valence-electron chi connectivity index (χ2n) is 2.90. The van der Waals surface area contributed by atoms with Gasteiger partial charge < -0.3 is 5.32 Å². The minimum atomic E-state index is 1.03. The van der Waals surface area contributed by atoms with E-state index in [1.54, 1.807) is 0 Å². The molecule has 14 heavy (non-hydrogen) atoms. The number of nitrogens with one attached hydrogen (secondary N) is 1. The molecule has 0 spiro atoms. The summed E-state index contributed by atoms with van der Waals surface area (Å²) < 4.78 is 2.20.